The Morgan fingerprint density at radius 2 is 1.94 bits per heavy atom. The van der Waals surface area contributed by atoms with E-state index in [0.29, 0.717) is 6.42 Å². The van der Waals surface area contributed by atoms with E-state index in [1.54, 1.807) is 6.07 Å². The minimum atomic E-state index is -0.326. The third kappa shape index (κ3) is 5.96. The first-order valence-electron chi connectivity index (χ1n) is 6.75. The number of hydrogen-bond donors (Lipinski definition) is 1. The molecule has 0 fully saturated rings. The first-order valence-corrected chi connectivity index (χ1v) is 7.54. The molecule has 0 aliphatic carbocycles. The van der Waals surface area contributed by atoms with Crippen LogP contribution in [0.2, 0.25) is 0 Å². The molecular formula is C15H22BrFO. The lowest BCUT2D eigenvalue weighted by molar-refractivity contribution is 0.160. The maximum atomic E-state index is 12.9. The fourth-order valence-corrected chi connectivity index (χ4v) is 2.54. The van der Waals surface area contributed by atoms with Crippen LogP contribution in [0.1, 0.15) is 51.0 Å². The van der Waals surface area contributed by atoms with Crippen LogP contribution in [0.3, 0.4) is 0 Å². The van der Waals surface area contributed by atoms with E-state index in [-0.39, 0.29) is 11.9 Å². The fourth-order valence-electron chi connectivity index (χ4n) is 2.03. The van der Waals surface area contributed by atoms with E-state index in [4.69, 9.17) is 0 Å². The van der Waals surface area contributed by atoms with Gasteiger partial charge in [-0.1, -0.05) is 61.0 Å². The molecule has 3 heteroatoms. The summed E-state index contributed by atoms with van der Waals surface area (Å²) in [5, 5.41) is 9.94. The number of halogens is 2. The zero-order chi connectivity index (χ0) is 13.4. The van der Waals surface area contributed by atoms with Gasteiger partial charge in [-0.25, -0.2) is 4.39 Å². The normalized spacial score (nSPS) is 12.7. The summed E-state index contributed by atoms with van der Waals surface area (Å²) in [7, 11) is 0. The molecule has 0 aromatic heterocycles. The van der Waals surface area contributed by atoms with Crippen LogP contribution in [0.25, 0.3) is 0 Å². The topological polar surface area (TPSA) is 20.2 Å². The van der Waals surface area contributed by atoms with Crippen molar-refractivity contribution in [3.05, 3.63) is 34.1 Å². The van der Waals surface area contributed by atoms with Crippen molar-refractivity contribution in [1.82, 2.24) is 0 Å². The molecule has 18 heavy (non-hydrogen) atoms. The lowest BCUT2D eigenvalue weighted by atomic mass is 10.0. The molecule has 1 rings (SSSR count). The highest BCUT2D eigenvalue weighted by molar-refractivity contribution is 9.10. The van der Waals surface area contributed by atoms with Crippen LogP contribution in [0.4, 0.5) is 4.39 Å². The molecule has 0 heterocycles. The average Bonchev–Trinajstić information content (AvgIpc) is 2.32. The van der Waals surface area contributed by atoms with Gasteiger partial charge in [0.25, 0.3) is 0 Å². The van der Waals surface area contributed by atoms with Crippen molar-refractivity contribution in [2.45, 2.75) is 58.0 Å². The summed E-state index contributed by atoms with van der Waals surface area (Å²) >= 11 is 3.33. The standard InChI is InChI=1S/C15H22BrFO/c1-2-3-4-5-6-7-14(18)10-12-8-9-13(17)11-15(12)16/h8-9,11,14,18H,2-7,10H2,1H3. The monoisotopic (exact) mass is 316 g/mol. The van der Waals surface area contributed by atoms with Crippen LogP contribution in [-0.4, -0.2) is 11.2 Å². The van der Waals surface area contributed by atoms with Gasteiger partial charge in [-0.3, -0.25) is 0 Å². The van der Waals surface area contributed by atoms with E-state index in [9.17, 15) is 9.50 Å². The Labute approximate surface area is 118 Å². The van der Waals surface area contributed by atoms with E-state index in [0.717, 1.165) is 22.9 Å². The Morgan fingerprint density at radius 1 is 1.22 bits per heavy atom. The zero-order valence-electron chi connectivity index (χ0n) is 11.0. The second-order valence-corrected chi connectivity index (χ2v) is 5.65. The maximum absolute atomic E-state index is 12.9. The summed E-state index contributed by atoms with van der Waals surface area (Å²) in [4.78, 5) is 0. The summed E-state index contributed by atoms with van der Waals surface area (Å²) in [6, 6.07) is 4.62. The Bertz CT molecular complexity index is 354. The van der Waals surface area contributed by atoms with Crippen molar-refractivity contribution in [1.29, 1.82) is 0 Å². The van der Waals surface area contributed by atoms with Gasteiger partial charge < -0.3 is 5.11 Å². The molecule has 0 saturated heterocycles. The molecule has 1 nitrogen and oxygen atoms in total. The van der Waals surface area contributed by atoms with E-state index >= 15 is 0 Å². The summed E-state index contributed by atoms with van der Waals surface area (Å²) in [6.07, 6.45) is 7.12. The third-order valence-corrected chi connectivity index (χ3v) is 3.85. The first-order chi connectivity index (χ1) is 8.63. The lowest BCUT2D eigenvalue weighted by Gasteiger charge is -2.11. The van der Waals surface area contributed by atoms with Gasteiger partial charge in [0.15, 0.2) is 0 Å². The molecule has 1 aromatic rings. The van der Waals surface area contributed by atoms with Crippen LogP contribution in [0, 0.1) is 5.82 Å². The van der Waals surface area contributed by atoms with Crippen molar-refractivity contribution in [3.63, 3.8) is 0 Å². The molecular weight excluding hydrogens is 295 g/mol. The molecule has 1 atom stereocenters. The van der Waals surface area contributed by atoms with Crippen LogP contribution < -0.4 is 0 Å². The largest absolute Gasteiger partial charge is 0.393 e. The van der Waals surface area contributed by atoms with Gasteiger partial charge in [0.2, 0.25) is 0 Å². The van der Waals surface area contributed by atoms with E-state index < -0.39 is 0 Å². The molecule has 0 aliphatic heterocycles. The van der Waals surface area contributed by atoms with Gasteiger partial charge >= 0.3 is 0 Å². The van der Waals surface area contributed by atoms with Crippen LogP contribution in [0.5, 0.6) is 0 Å². The van der Waals surface area contributed by atoms with Crippen LogP contribution >= 0.6 is 15.9 Å². The molecule has 0 spiro atoms. The number of rotatable bonds is 8. The highest BCUT2D eigenvalue weighted by Gasteiger charge is 2.08. The maximum Gasteiger partial charge on any atom is 0.124 e. The summed E-state index contributed by atoms with van der Waals surface area (Å²) in [5.41, 5.74) is 0.970. The molecule has 0 aliphatic rings. The number of benzene rings is 1. The number of hydrogen-bond acceptors (Lipinski definition) is 1. The second-order valence-electron chi connectivity index (χ2n) is 4.80. The van der Waals surface area contributed by atoms with E-state index in [1.807, 2.05) is 0 Å². The molecule has 0 saturated carbocycles. The van der Waals surface area contributed by atoms with Crippen molar-refractivity contribution in [2.75, 3.05) is 0 Å². The smallest absolute Gasteiger partial charge is 0.124 e. The van der Waals surface area contributed by atoms with Gasteiger partial charge in [0, 0.05) is 4.47 Å². The molecule has 1 unspecified atom stereocenters. The minimum Gasteiger partial charge on any atom is -0.393 e. The highest BCUT2D eigenvalue weighted by Crippen LogP contribution is 2.20. The van der Waals surface area contributed by atoms with Gasteiger partial charge in [0.05, 0.1) is 6.10 Å². The van der Waals surface area contributed by atoms with Crippen molar-refractivity contribution < 1.29 is 9.50 Å². The van der Waals surface area contributed by atoms with Gasteiger partial charge in [0.1, 0.15) is 5.82 Å². The van der Waals surface area contributed by atoms with E-state index in [1.165, 1.54) is 37.8 Å². The minimum absolute atomic E-state index is 0.250. The third-order valence-electron chi connectivity index (χ3n) is 3.11. The average molecular weight is 317 g/mol. The second kappa shape index (κ2) is 8.65. The van der Waals surface area contributed by atoms with Crippen LogP contribution in [-0.2, 0) is 6.42 Å². The fraction of sp³-hybridized carbons (Fsp3) is 0.600. The Hall–Kier alpha value is -0.410. The summed E-state index contributed by atoms with van der Waals surface area (Å²) < 4.78 is 13.7. The molecule has 102 valence electrons. The van der Waals surface area contributed by atoms with Crippen molar-refractivity contribution in [2.24, 2.45) is 0 Å². The van der Waals surface area contributed by atoms with Crippen molar-refractivity contribution in [3.8, 4) is 0 Å². The Balaban J connectivity index is 2.28. The van der Waals surface area contributed by atoms with Crippen LogP contribution in [0.15, 0.2) is 22.7 Å². The van der Waals surface area contributed by atoms with Crippen molar-refractivity contribution >= 4 is 15.9 Å². The zero-order valence-corrected chi connectivity index (χ0v) is 12.5. The number of aliphatic hydroxyl groups excluding tert-OH is 1. The van der Waals surface area contributed by atoms with E-state index in [2.05, 4.69) is 22.9 Å². The van der Waals surface area contributed by atoms with Gasteiger partial charge in [-0.2, -0.15) is 0 Å². The quantitative estimate of drug-likeness (QED) is 0.679. The number of aliphatic hydroxyl groups is 1. The predicted octanol–water partition coefficient (Wildman–Crippen LogP) is 4.85. The van der Waals surface area contributed by atoms with Gasteiger partial charge in [-0.15, -0.1) is 0 Å². The Morgan fingerprint density at radius 3 is 2.61 bits per heavy atom. The SMILES string of the molecule is CCCCCCCC(O)Cc1ccc(F)cc1Br. The molecule has 1 N–H and O–H groups in total. The van der Waals surface area contributed by atoms with Gasteiger partial charge in [-0.05, 0) is 30.5 Å². The molecule has 1 aromatic carbocycles. The number of unbranched alkanes of at least 4 members (excludes halogenated alkanes) is 4. The molecule has 0 amide bonds. The molecule has 0 bridgehead atoms. The highest BCUT2D eigenvalue weighted by atomic mass is 79.9. The summed E-state index contributed by atoms with van der Waals surface area (Å²) in [6.45, 7) is 2.20. The lowest BCUT2D eigenvalue weighted by Crippen LogP contribution is -2.10. The summed E-state index contributed by atoms with van der Waals surface area (Å²) in [5.74, 6) is -0.250. The Kier molecular flexibility index (Phi) is 7.52. The first kappa shape index (κ1) is 15.6. The predicted molar refractivity (Wildman–Crippen MR) is 77.2 cm³/mol. The molecule has 0 radical (unpaired) electrons.